The van der Waals surface area contributed by atoms with Crippen molar-refractivity contribution in [3.05, 3.63) is 35.1 Å². The third-order valence-corrected chi connectivity index (χ3v) is 4.41. The van der Waals surface area contributed by atoms with Gasteiger partial charge in [-0.2, -0.15) is 13.2 Å². The first-order valence-corrected chi connectivity index (χ1v) is 9.82. The number of hydrogen-bond donors (Lipinski definition) is 1. The van der Waals surface area contributed by atoms with Crippen LogP contribution in [0.3, 0.4) is 0 Å². The van der Waals surface area contributed by atoms with Crippen LogP contribution in [0.5, 0.6) is 0 Å². The number of nitrogens with two attached hydrogens (primary N) is 1. The Morgan fingerprint density at radius 2 is 1.50 bits per heavy atom. The summed E-state index contributed by atoms with van der Waals surface area (Å²) in [6, 6.07) is 0.246. The molecule has 1 atom stereocenters. The first-order valence-electron chi connectivity index (χ1n) is 9.82. The van der Waals surface area contributed by atoms with Crippen LogP contribution in [0.25, 0.3) is 0 Å². The van der Waals surface area contributed by atoms with E-state index in [4.69, 9.17) is 5.73 Å². The van der Waals surface area contributed by atoms with Crippen molar-refractivity contribution in [3.63, 3.8) is 0 Å². The lowest BCUT2D eigenvalue weighted by atomic mass is 10.0. The van der Waals surface area contributed by atoms with Gasteiger partial charge in [-0.3, -0.25) is 9.79 Å². The van der Waals surface area contributed by atoms with Crippen molar-refractivity contribution in [2.24, 2.45) is 10.7 Å². The zero-order valence-corrected chi connectivity index (χ0v) is 18.2. The van der Waals surface area contributed by atoms with Crippen LogP contribution in [0.2, 0.25) is 0 Å². The first kappa shape index (κ1) is 29.3. The van der Waals surface area contributed by atoms with E-state index in [9.17, 15) is 31.1 Å². The molecule has 1 saturated heterocycles. The van der Waals surface area contributed by atoms with Gasteiger partial charge in [0.05, 0.1) is 0 Å². The quantitative estimate of drug-likeness (QED) is 0.243. The fourth-order valence-electron chi connectivity index (χ4n) is 3.04. The highest BCUT2D eigenvalue weighted by atomic mass is 19.4. The molecule has 1 aromatic carbocycles. The number of rotatable bonds is 4. The Morgan fingerprint density at radius 3 is 1.97 bits per heavy atom. The number of alkyl halides is 3. The molecular formula is C21H28F6N4O. The molecule has 1 fully saturated rings. The second kappa shape index (κ2) is 13.6. The predicted molar refractivity (Wildman–Crippen MR) is 111 cm³/mol. The van der Waals surface area contributed by atoms with Gasteiger partial charge in [-0.05, 0) is 18.1 Å². The number of piperazine rings is 1. The number of halogens is 6. The van der Waals surface area contributed by atoms with Crippen molar-refractivity contribution in [3.8, 4) is 12.8 Å². The molecule has 11 heteroatoms. The maximum absolute atomic E-state index is 13.7. The maximum Gasteiger partial charge on any atom is 0.449 e. The van der Waals surface area contributed by atoms with Crippen LogP contribution in [0.4, 0.5) is 26.3 Å². The number of nitrogens with zero attached hydrogens (tertiary/aromatic N) is 3. The van der Waals surface area contributed by atoms with E-state index in [0.29, 0.717) is 12.1 Å². The van der Waals surface area contributed by atoms with Gasteiger partial charge in [0.1, 0.15) is 5.82 Å². The summed E-state index contributed by atoms with van der Waals surface area (Å²) >= 11 is 0. The van der Waals surface area contributed by atoms with Crippen molar-refractivity contribution >= 4 is 11.7 Å². The molecule has 1 aliphatic heterocycles. The summed E-state index contributed by atoms with van der Waals surface area (Å²) in [6.45, 7) is 4.04. The van der Waals surface area contributed by atoms with Crippen molar-refractivity contribution in [2.45, 2.75) is 38.9 Å². The number of hydrogen-bond acceptors (Lipinski definition) is 3. The minimum Gasteiger partial charge on any atom is -0.349 e. The maximum atomic E-state index is 13.7. The summed E-state index contributed by atoms with van der Waals surface area (Å²) in [7, 11) is 1.05. The molecule has 180 valence electrons. The number of amidine groups is 1. The first-order chi connectivity index (χ1) is 15.0. The van der Waals surface area contributed by atoms with E-state index in [1.807, 2.05) is 13.8 Å². The average molecular weight is 466 g/mol. The lowest BCUT2D eigenvalue weighted by Crippen LogP contribution is -2.54. The van der Waals surface area contributed by atoms with E-state index < -0.39 is 41.4 Å². The molecular weight excluding hydrogens is 438 g/mol. The van der Waals surface area contributed by atoms with E-state index in [1.165, 1.54) is 4.90 Å². The molecule has 5 nitrogen and oxygen atoms in total. The Morgan fingerprint density at radius 1 is 1.03 bits per heavy atom. The molecule has 0 saturated carbocycles. The highest BCUT2D eigenvalue weighted by Gasteiger charge is 2.40. The Bertz CT molecular complexity index is 786. The summed E-state index contributed by atoms with van der Waals surface area (Å²) in [4.78, 5) is 18.0. The Labute approximate surface area is 184 Å². The van der Waals surface area contributed by atoms with Crippen LogP contribution in [0.1, 0.15) is 25.8 Å². The van der Waals surface area contributed by atoms with E-state index in [2.05, 4.69) is 17.8 Å². The van der Waals surface area contributed by atoms with Crippen LogP contribution >= 0.6 is 0 Å². The number of carbonyl (C=O) groups is 1. The molecule has 2 N–H and O–H groups in total. The number of benzene rings is 1. The monoisotopic (exact) mass is 466 g/mol. The van der Waals surface area contributed by atoms with Crippen LogP contribution in [0, 0.1) is 30.3 Å². The standard InChI is InChI=1S/C17H20F6N4O.C2H6.C2H2/c1-25-16(17(21,22)23)27-4-2-26(3-5-27)15(28)8-11(24)6-10-7-13(19)14(20)9-12(10)18;2*1-2/h7,9,11H,2-6,8,24H2,1H3;1-2H3;1-2H/t11-;;/m1../s1. The zero-order chi connectivity index (χ0) is 25.1. The zero-order valence-electron chi connectivity index (χ0n) is 18.2. The number of terminal acetylenes is 1. The minimum absolute atomic E-state index is 0.0367. The van der Waals surface area contributed by atoms with Crippen LogP contribution in [0.15, 0.2) is 17.1 Å². The normalized spacial score (nSPS) is 15.2. The van der Waals surface area contributed by atoms with E-state index in [-0.39, 0.29) is 44.6 Å². The molecule has 1 aliphatic rings. The molecule has 0 radical (unpaired) electrons. The number of amides is 1. The SMILES string of the molecule is C#C.CC.CN=C(N1CCN(C(=O)C[C@H](N)Cc2cc(F)c(F)cc2F)CC1)C(F)(F)F. The van der Waals surface area contributed by atoms with Gasteiger partial charge in [-0.25, -0.2) is 13.2 Å². The molecule has 0 unspecified atom stereocenters. The van der Waals surface area contributed by atoms with Crippen LogP contribution in [-0.2, 0) is 11.2 Å². The van der Waals surface area contributed by atoms with E-state index in [1.54, 1.807) is 0 Å². The van der Waals surface area contributed by atoms with Gasteiger partial charge in [0, 0.05) is 51.8 Å². The summed E-state index contributed by atoms with van der Waals surface area (Å²) in [5.41, 5.74) is 5.66. The summed E-state index contributed by atoms with van der Waals surface area (Å²) in [5, 5.41) is 0. The average Bonchev–Trinajstić information content (AvgIpc) is 2.75. The Kier molecular flexibility index (Phi) is 12.5. The third kappa shape index (κ3) is 8.42. The second-order valence-electron chi connectivity index (χ2n) is 6.44. The molecule has 32 heavy (non-hydrogen) atoms. The van der Waals surface area contributed by atoms with Crippen molar-refractivity contribution in [2.75, 3.05) is 33.2 Å². The fourth-order valence-corrected chi connectivity index (χ4v) is 3.04. The molecule has 0 aromatic heterocycles. The summed E-state index contributed by atoms with van der Waals surface area (Å²) in [6.07, 6.45) is 3.04. The van der Waals surface area contributed by atoms with Crippen LogP contribution in [-0.4, -0.2) is 67.0 Å². The number of carbonyl (C=O) groups excluding carboxylic acids is 1. The van der Waals surface area contributed by atoms with Gasteiger partial charge >= 0.3 is 6.18 Å². The molecule has 1 aromatic rings. The highest BCUT2D eigenvalue weighted by molar-refractivity contribution is 5.88. The van der Waals surface area contributed by atoms with Gasteiger partial charge in [-0.15, -0.1) is 12.8 Å². The predicted octanol–water partition coefficient (Wildman–Crippen LogP) is 3.37. The lowest BCUT2D eigenvalue weighted by molar-refractivity contribution is -0.133. The molecule has 1 heterocycles. The molecule has 0 aliphatic carbocycles. The Balaban J connectivity index is 0.00000227. The topological polar surface area (TPSA) is 61.9 Å². The van der Waals surface area contributed by atoms with Crippen molar-refractivity contribution in [1.82, 2.24) is 9.80 Å². The Hall–Kier alpha value is -2.74. The minimum atomic E-state index is -4.57. The molecule has 1 amide bonds. The van der Waals surface area contributed by atoms with Crippen LogP contribution < -0.4 is 5.73 Å². The smallest absolute Gasteiger partial charge is 0.349 e. The molecule has 0 spiro atoms. The van der Waals surface area contributed by atoms with Gasteiger partial charge in [-0.1, -0.05) is 13.8 Å². The number of aliphatic imine (C=N–C) groups is 1. The lowest BCUT2D eigenvalue weighted by Gasteiger charge is -2.37. The third-order valence-electron chi connectivity index (χ3n) is 4.41. The largest absolute Gasteiger partial charge is 0.449 e. The van der Waals surface area contributed by atoms with E-state index in [0.717, 1.165) is 11.9 Å². The van der Waals surface area contributed by atoms with Gasteiger partial charge in [0.2, 0.25) is 11.7 Å². The van der Waals surface area contributed by atoms with E-state index >= 15 is 0 Å². The second-order valence-corrected chi connectivity index (χ2v) is 6.44. The van der Waals surface area contributed by atoms with Gasteiger partial charge in [0.15, 0.2) is 11.6 Å². The van der Waals surface area contributed by atoms with Gasteiger partial charge < -0.3 is 15.5 Å². The van der Waals surface area contributed by atoms with Crippen molar-refractivity contribution < 1.29 is 31.1 Å². The fraction of sp³-hybridized carbons (Fsp3) is 0.524. The van der Waals surface area contributed by atoms with Crippen molar-refractivity contribution in [1.29, 1.82) is 0 Å². The highest BCUT2D eigenvalue weighted by Crippen LogP contribution is 2.21. The molecule has 2 rings (SSSR count). The van der Waals surface area contributed by atoms with Gasteiger partial charge in [0.25, 0.3) is 0 Å². The summed E-state index contributed by atoms with van der Waals surface area (Å²) in [5.74, 6) is -4.90. The summed E-state index contributed by atoms with van der Waals surface area (Å²) < 4.78 is 78.5. The molecule has 0 bridgehead atoms.